The summed E-state index contributed by atoms with van der Waals surface area (Å²) in [4.78, 5) is 20.9. The number of aromatic nitrogens is 1. The molecule has 2 aromatic rings. The first-order chi connectivity index (χ1) is 11.3. The van der Waals surface area contributed by atoms with Crippen molar-refractivity contribution in [1.82, 2.24) is 15.2 Å². The van der Waals surface area contributed by atoms with Gasteiger partial charge in [0.25, 0.3) is 0 Å². The maximum absolute atomic E-state index is 13.3. The molecule has 6 heteroatoms. The number of carbonyl (C=O) groups is 1. The van der Waals surface area contributed by atoms with Gasteiger partial charge in [-0.15, -0.1) is 23.1 Å². The number of piperazine rings is 1. The van der Waals surface area contributed by atoms with E-state index in [0.29, 0.717) is 0 Å². The number of thiophene rings is 1. The average molecular weight is 345 g/mol. The number of hydrogen-bond donors (Lipinski definition) is 1. The van der Waals surface area contributed by atoms with Gasteiger partial charge in [-0.05, 0) is 40.8 Å². The van der Waals surface area contributed by atoms with Crippen molar-refractivity contribution in [2.24, 2.45) is 0 Å². The van der Waals surface area contributed by atoms with E-state index in [2.05, 4.69) is 32.7 Å². The highest BCUT2D eigenvalue weighted by Gasteiger charge is 2.36. The molecule has 1 amide bonds. The molecular formula is C17H19N3OS2. The Labute approximate surface area is 144 Å². The first-order valence-electron chi connectivity index (χ1n) is 7.93. The van der Waals surface area contributed by atoms with Crippen LogP contribution in [0.4, 0.5) is 0 Å². The van der Waals surface area contributed by atoms with E-state index in [1.54, 1.807) is 29.3 Å². The molecule has 2 aromatic heterocycles. The predicted molar refractivity (Wildman–Crippen MR) is 94.8 cm³/mol. The van der Waals surface area contributed by atoms with Crippen molar-refractivity contribution in [3.8, 4) is 0 Å². The van der Waals surface area contributed by atoms with E-state index in [0.717, 1.165) is 37.4 Å². The lowest BCUT2D eigenvalue weighted by atomic mass is 10.0. The molecule has 2 aliphatic rings. The summed E-state index contributed by atoms with van der Waals surface area (Å²) in [6.07, 6.45) is 4.75. The Morgan fingerprint density at radius 2 is 2.35 bits per heavy atom. The minimum absolute atomic E-state index is 0.0396. The summed E-state index contributed by atoms with van der Waals surface area (Å²) in [6.45, 7) is 2.41. The van der Waals surface area contributed by atoms with Crippen LogP contribution in [0.25, 0.3) is 0 Å². The van der Waals surface area contributed by atoms with Gasteiger partial charge in [0.2, 0.25) is 5.91 Å². The largest absolute Gasteiger partial charge is 0.332 e. The Morgan fingerprint density at radius 1 is 1.39 bits per heavy atom. The van der Waals surface area contributed by atoms with Gasteiger partial charge in [0.1, 0.15) is 5.25 Å². The van der Waals surface area contributed by atoms with Gasteiger partial charge in [0.15, 0.2) is 0 Å². The lowest BCUT2D eigenvalue weighted by Crippen LogP contribution is -2.50. The number of thioether (sulfide) groups is 1. The van der Waals surface area contributed by atoms with Crippen LogP contribution in [0.5, 0.6) is 0 Å². The maximum Gasteiger partial charge on any atom is 0.240 e. The number of carbonyl (C=O) groups excluding carboxylic acids is 1. The van der Waals surface area contributed by atoms with Gasteiger partial charge in [-0.1, -0.05) is 6.07 Å². The quantitative estimate of drug-likeness (QED) is 0.909. The number of aryl methyl sites for hydroxylation is 1. The van der Waals surface area contributed by atoms with Crippen molar-refractivity contribution in [2.75, 3.05) is 25.4 Å². The fourth-order valence-corrected chi connectivity index (χ4v) is 5.70. The van der Waals surface area contributed by atoms with Crippen LogP contribution in [0.15, 0.2) is 36.0 Å². The minimum Gasteiger partial charge on any atom is -0.332 e. The van der Waals surface area contributed by atoms with Crippen LogP contribution >= 0.6 is 23.1 Å². The first-order valence-corrected chi connectivity index (χ1v) is 9.86. The van der Waals surface area contributed by atoms with E-state index in [4.69, 9.17) is 0 Å². The Hall–Kier alpha value is -1.37. The summed E-state index contributed by atoms with van der Waals surface area (Å²) in [5, 5.41) is 5.49. The third-order valence-corrected chi connectivity index (χ3v) is 6.72. The number of nitrogens with one attached hydrogen (secondary N) is 1. The van der Waals surface area contributed by atoms with Crippen molar-refractivity contribution in [3.63, 3.8) is 0 Å². The van der Waals surface area contributed by atoms with E-state index in [9.17, 15) is 4.79 Å². The van der Waals surface area contributed by atoms with Crippen LogP contribution in [0.1, 0.15) is 27.3 Å². The van der Waals surface area contributed by atoms with Gasteiger partial charge in [0.05, 0.1) is 6.04 Å². The Morgan fingerprint density at radius 3 is 3.22 bits per heavy atom. The molecule has 4 nitrogen and oxygen atoms in total. The van der Waals surface area contributed by atoms with E-state index in [1.807, 2.05) is 12.3 Å². The average Bonchev–Trinajstić information content (AvgIpc) is 3.10. The first kappa shape index (κ1) is 15.2. The Bertz CT molecular complexity index is 688. The number of rotatable bonds is 2. The fraction of sp³-hybridized carbons (Fsp3) is 0.412. The molecular weight excluding hydrogens is 326 g/mol. The topological polar surface area (TPSA) is 45.2 Å². The molecule has 2 aliphatic heterocycles. The third kappa shape index (κ3) is 2.91. The summed E-state index contributed by atoms with van der Waals surface area (Å²) < 4.78 is 0. The molecule has 0 spiro atoms. The molecule has 0 saturated carbocycles. The van der Waals surface area contributed by atoms with Crippen molar-refractivity contribution >= 4 is 29.0 Å². The third-order valence-electron chi connectivity index (χ3n) is 4.50. The van der Waals surface area contributed by atoms with Crippen LogP contribution in [0.2, 0.25) is 0 Å². The molecule has 4 heterocycles. The zero-order valence-corrected chi connectivity index (χ0v) is 14.4. The van der Waals surface area contributed by atoms with E-state index in [1.165, 1.54) is 10.4 Å². The standard InChI is InChI=1S/C17H19N3OS2/c21-17(16-13-3-8-22-15(13)4-9-23-16)20-7-6-19-11-14(20)12-2-1-5-18-10-12/h1-3,5,8,10,14,16,19H,4,6-7,9,11H2. The summed E-state index contributed by atoms with van der Waals surface area (Å²) in [5.41, 5.74) is 2.35. The van der Waals surface area contributed by atoms with E-state index in [-0.39, 0.29) is 17.2 Å². The second-order valence-electron chi connectivity index (χ2n) is 5.84. The second-order valence-corrected chi connectivity index (χ2v) is 8.05. The zero-order valence-electron chi connectivity index (χ0n) is 12.8. The van der Waals surface area contributed by atoms with Crippen molar-refractivity contribution in [3.05, 3.63) is 52.0 Å². The number of hydrogen-bond acceptors (Lipinski definition) is 5. The summed E-state index contributed by atoms with van der Waals surface area (Å²) >= 11 is 3.57. The molecule has 1 N–H and O–H groups in total. The lowest BCUT2D eigenvalue weighted by Gasteiger charge is -2.39. The van der Waals surface area contributed by atoms with Crippen molar-refractivity contribution < 1.29 is 4.79 Å². The highest BCUT2D eigenvalue weighted by molar-refractivity contribution is 8.00. The Kier molecular flexibility index (Phi) is 4.37. The van der Waals surface area contributed by atoms with Crippen LogP contribution in [-0.4, -0.2) is 41.2 Å². The van der Waals surface area contributed by atoms with Gasteiger partial charge in [-0.2, -0.15) is 0 Å². The summed E-state index contributed by atoms with van der Waals surface area (Å²) in [7, 11) is 0. The summed E-state index contributed by atoms with van der Waals surface area (Å²) in [6, 6.07) is 6.22. The number of pyridine rings is 1. The summed E-state index contributed by atoms with van der Waals surface area (Å²) in [5.74, 6) is 1.29. The van der Waals surface area contributed by atoms with Crippen LogP contribution in [-0.2, 0) is 11.2 Å². The smallest absolute Gasteiger partial charge is 0.240 e. The molecule has 0 aromatic carbocycles. The highest BCUT2D eigenvalue weighted by Crippen LogP contribution is 2.41. The SMILES string of the molecule is O=C(C1SCCc2sccc21)N1CCNCC1c1cccnc1. The molecule has 0 aliphatic carbocycles. The molecule has 0 radical (unpaired) electrons. The highest BCUT2D eigenvalue weighted by atomic mass is 32.2. The normalized spacial score (nSPS) is 24.3. The van der Waals surface area contributed by atoms with E-state index < -0.39 is 0 Å². The predicted octanol–water partition coefficient (Wildman–Crippen LogP) is 2.65. The van der Waals surface area contributed by atoms with Gasteiger partial charge in [0, 0.05) is 36.9 Å². The zero-order chi connectivity index (χ0) is 15.6. The molecule has 120 valence electrons. The van der Waals surface area contributed by atoms with Gasteiger partial charge >= 0.3 is 0 Å². The molecule has 1 saturated heterocycles. The van der Waals surface area contributed by atoms with Crippen LogP contribution in [0.3, 0.4) is 0 Å². The van der Waals surface area contributed by atoms with Crippen molar-refractivity contribution in [2.45, 2.75) is 17.7 Å². The molecule has 2 unspecified atom stereocenters. The maximum atomic E-state index is 13.3. The number of fused-ring (bicyclic) bond motifs is 1. The van der Waals surface area contributed by atoms with Crippen LogP contribution < -0.4 is 5.32 Å². The van der Waals surface area contributed by atoms with Gasteiger partial charge in [-0.25, -0.2) is 0 Å². The number of nitrogens with zero attached hydrogens (tertiary/aromatic N) is 2. The monoisotopic (exact) mass is 345 g/mol. The van der Waals surface area contributed by atoms with Crippen molar-refractivity contribution in [1.29, 1.82) is 0 Å². The molecule has 4 rings (SSSR count). The second kappa shape index (κ2) is 6.63. The molecule has 2 atom stereocenters. The molecule has 1 fully saturated rings. The van der Waals surface area contributed by atoms with Gasteiger partial charge in [-0.3, -0.25) is 9.78 Å². The number of amides is 1. The van der Waals surface area contributed by atoms with Gasteiger partial charge < -0.3 is 10.2 Å². The molecule has 23 heavy (non-hydrogen) atoms. The minimum atomic E-state index is -0.0396. The lowest BCUT2D eigenvalue weighted by molar-refractivity contribution is -0.134. The van der Waals surface area contributed by atoms with Crippen LogP contribution in [0, 0.1) is 0 Å². The van der Waals surface area contributed by atoms with E-state index >= 15 is 0 Å². The Balaban J connectivity index is 1.62. The fourth-order valence-electron chi connectivity index (χ4n) is 3.34. The molecule has 0 bridgehead atoms.